The highest BCUT2D eigenvalue weighted by Gasteiger charge is 2.45. The van der Waals surface area contributed by atoms with Gasteiger partial charge in [-0.15, -0.1) is 0 Å². The Morgan fingerprint density at radius 3 is 2.52 bits per heavy atom. The summed E-state index contributed by atoms with van der Waals surface area (Å²) in [5.74, 6) is -0.868. The van der Waals surface area contributed by atoms with E-state index in [0.29, 0.717) is 31.0 Å². The molecule has 1 aliphatic heterocycles. The highest BCUT2D eigenvalue weighted by atomic mass is 79.9. The molecule has 0 spiro atoms. The molecule has 0 radical (unpaired) electrons. The Kier molecular flexibility index (Phi) is 7.51. The number of hydrogen-bond donors (Lipinski definition) is 1. The Balaban J connectivity index is 2.09. The zero-order chi connectivity index (χ0) is 22.5. The molecule has 3 rings (SSSR count). The summed E-state index contributed by atoms with van der Waals surface area (Å²) in [6, 6.07) is 13.7. The van der Waals surface area contributed by atoms with Crippen molar-refractivity contribution in [3.63, 3.8) is 0 Å². The molecule has 2 aromatic rings. The van der Waals surface area contributed by atoms with Crippen molar-refractivity contribution in [3.05, 3.63) is 69.7 Å². The van der Waals surface area contributed by atoms with Gasteiger partial charge in [0.25, 0.3) is 11.7 Å². The van der Waals surface area contributed by atoms with Crippen LogP contribution in [0, 0.1) is 0 Å². The van der Waals surface area contributed by atoms with Crippen LogP contribution < -0.4 is 4.74 Å². The lowest BCUT2D eigenvalue weighted by Crippen LogP contribution is -2.35. The van der Waals surface area contributed by atoms with Crippen LogP contribution in [0.15, 0.2) is 58.6 Å². The van der Waals surface area contributed by atoms with E-state index in [1.165, 1.54) is 4.90 Å². The number of likely N-dealkylation sites (tertiary alicyclic amines) is 1. The van der Waals surface area contributed by atoms with Crippen LogP contribution in [-0.2, 0) is 9.59 Å². The third kappa shape index (κ3) is 5.17. The molecule has 1 saturated heterocycles. The first-order chi connectivity index (χ1) is 14.8. The van der Waals surface area contributed by atoms with Gasteiger partial charge in [-0.25, -0.2) is 0 Å². The third-order valence-corrected chi connectivity index (χ3v) is 5.62. The lowest BCUT2D eigenvalue weighted by molar-refractivity contribution is -0.140. The molecule has 2 aromatic carbocycles. The van der Waals surface area contributed by atoms with Gasteiger partial charge in [0.1, 0.15) is 11.5 Å². The first-order valence-corrected chi connectivity index (χ1v) is 11.0. The first-order valence-electron chi connectivity index (χ1n) is 10.2. The number of rotatable bonds is 8. The average Bonchev–Trinajstić information content (AvgIpc) is 3.01. The van der Waals surface area contributed by atoms with Gasteiger partial charge in [0, 0.05) is 23.1 Å². The fourth-order valence-electron chi connectivity index (χ4n) is 3.52. The number of hydrogen-bond acceptors (Lipinski definition) is 5. The average molecular weight is 487 g/mol. The Morgan fingerprint density at radius 1 is 1.16 bits per heavy atom. The number of carbonyl (C=O) groups excluding carboxylic acids is 2. The first kappa shape index (κ1) is 23.0. The van der Waals surface area contributed by atoms with Crippen LogP contribution in [0.25, 0.3) is 5.76 Å². The molecule has 0 aromatic heterocycles. The zero-order valence-electron chi connectivity index (χ0n) is 18.0. The van der Waals surface area contributed by atoms with Crippen LogP contribution >= 0.6 is 15.9 Å². The molecule has 164 valence electrons. The molecule has 6 nitrogen and oxygen atoms in total. The van der Waals surface area contributed by atoms with E-state index in [2.05, 4.69) is 15.9 Å². The maximum absolute atomic E-state index is 13.0. The smallest absolute Gasteiger partial charge is 0.295 e. The molecule has 1 amide bonds. The number of likely N-dealkylation sites (N-methyl/N-ethyl adjacent to an activating group) is 1. The normalized spacial score (nSPS) is 18.1. The Hall–Kier alpha value is -2.64. The second-order valence-electron chi connectivity index (χ2n) is 7.72. The second-order valence-corrected chi connectivity index (χ2v) is 8.64. The lowest BCUT2D eigenvalue weighted by atomic mass is 9.95. The van der Waals surface area contributed by atoms with Crippen LogP contribution in [0.2, 0.25) is 0 Å². The molecule has 31 heavy (non-hydrogen) atoms. The van der Waals surface area contributed by atoms with Gasteiger partial charge in [0.15, 0.2) is 0 Å². The number of ketones is 1. The Morgan fingerprint density at radius 2 is 1.87 bits per heavy atom. The van der Waals surface area contributed by atoms with Crippen molar-refractivity contribution in [1.82, 2.24) is 9.80 Å². The van der Waals surface area contributed by atoms with Gasteiger partial charge >= 0.3 is 0 Å². The third-order valence-electron chi connectivity index (χ3n) is 5.09. The quantitative estimate of drug-likeness (QED) is 0.343. The number of benzene rings is 2. The summed E-state index contributed by atoms with van der Waals surface area (Å²) in [5.41, 5.74) is 1.31. The van der Waals surface area contributed by atoms with E-state index in [-0.39, 0.29) is 11.3 Å². The number of ether oxygens (including phenoxy) is 1. The molecule has 0 aliphatic carbocycles. The fourth-order valence-corrected chi connectivity index (χ4v) is 3.78. The van der Waals surface area contributed by atoms with Crippen molar-refractivity contribution >= 4 is 33.4 Å². The molecule has 7 heteroatoms. The van der Waals surface area contributed by atoms with Crippen LogP contribution in [0.3, 0.4) is 0 Å². The molecule has 1 atom stereocenters. The van der Waals surface area contributed by atoms with Gasteiger partial charge in [-0.1, -0.05) is 47.1 Å². The standard InChI is InChI=1S/C24H27BrN2O4/c1-4-14-31-19-7-5-6-17(15-19)22(28)20-21(16-8-10-18(25)11-9-16)27(13-12-26(2)3)24(30)23(20)29/h5-11,15,21,28H,4,12-14H2,1-3H3. The SMILES string of the molecule is CCCOc1cccc(C(O)=C2C(=O)C(=O)N(CCN(C)C)C2c2ccc(Br)cc2)c1. The van der Waals surface area contributed by atoms with E-state index in [4.69, 9.17) is 4.74 Å². The van der Waals surface area contributed by atoms with Crippen LogP contribution in [0.4, 0.5) is 0 Å². The van der Waals surface area contributed by atoms with Crippen molar-refractivity contribution in [2.24, 2.45) is 0 Å². The van der Waals surface area contributed by atoms with Crippen molar-refractivity contribution in [3.8, 4) is 5.75 Å². The van der Waals surface area contributed by atoms with Gasteiger partial charge in [-0.2, -0.15) is 0 Å². The van der Waals surface area contributed by atoms with Crippen molar-refractivity contribution < 1.29 is 19.4 Å². The summed E-state index contributed by atoms with van der Waals surface area (Å²) in [4.78, 5) is 29.4. The summed E-state index contributed by atoms with van der Waals surface area (Å²) in [5, 5.41) is 11.1. The van der Waals surface area contributed by atoms with Crippen LogP contribution in [0.5, 0.6) is 5.75 Å². The summed E-state index contributed by atoms with van der Waals surface area (Å²) >= 11 is 3.42. The summed E-state index contributed by atoms with van der Waals surface area (Å²) < 4.78 is 6.55. The fraction of sp³-hybridized carbons (Fsp3) is 0.333. The molecule has 0 bridgehead atoms. The largest absolute Gasteiger partial charge is 0.507 e. The number of halogens is 1. The van der Waals surface area contributed by atoms with Crippen LogP contribution in [-0.4, -0.2) is 60.4 Å². The number of amides is 1. The highest BCUT2D eigenvalue weighted by molar-refractivity contribution is 9.10. The summed E-state index contributed by atoms with van der Waals surface area (Å²) in [6.07, 6.45) is 0.858. The number of aliphatic hydroxyl groups is 1. The lowest BCUT2D eigenvalue weighted by Gasteiger charge is -2.26. The predicted octanol–water partition coefficient (Wildman–Crippen LogP) is 4.22. The van der Waals surface area contributed by atoms with Crippen molar-refractivity contribution in [2.45, 2.75) is 19.4 Å². The maximum Gasteiger partial charge on any atom is 0.295 e. The van der Waals surface area contributed by atoms with Gasteiger partial charge < -0.3 is 19.6 Å². The van der Waals surface area contributed by atoms with Gasteiger partial charge in [0.05, 0.1) is 18.2 Å². The van der Waals surface area contributed by atoms with Crippen molar-refractivity contribution in [2.75, 3.05) is 33.8 Å². The molecule has 0 saturated carbocycles. The van der Waals surface area contributed by atoms with E-state index in [1.54, 1.807) is 24.3 Å². The van der Waals surface area contributed by atoms with Gasteiger partial charge in [-0.05, 0) is 50.3 Å². The summed E-state index contributed by atoms with van der Waals surface area (Å²) in [7, 11) is 3.82. The van der Waals surface area contributed by atoms with E-state index in [9.17, 15) is 14.7 Å². The van der Waals surface area contributed by atoms with E-state index in [0.717, 1.165) is 16.5 Å². The molecule has 1 heterocycles. The van der Waals surface area contributed by atoms with E-state index in [1.807, 2.05) is 50.2 Å². The zero-order valence-corrected chi connectivity index (χ0v) is 19.6. The minimum atomic E-state index is -0.677. The molecular formula is C24H27BrN2O4. The number of Topliss-reactive ketones (excluding diaryl/α,β-unsaturated/α-hetero) is 1. The minimum Gasteiger partial charge on any atom is -0.507 e. The predicted molar refractivity (Wildman–Crippen MR) is 124 cm³/mol. The maximum atomic E-state index is 13.0. The molecular weight excluding hydrogens is 460 g/mol. The van der Waals surface area contributed by atoms with E-state index >= 15 is 0 Å². The van der Waals surface area contributed by atoms with E-state index < -0.39 is 17.7 Å². The summed E-state index contributed by atoms with van der Waals surface area (Å²) in [6.45, 7) is 3.53. The Labute approximate surface area is 191 Å². The minimum absolute atomic E-state index is 0.0960. The monoisotopic (exact) mass is 486 g/mol. The molecule has 1 fully saturated rings. The van der Waals surface area contributed by atoms with Gasteiger partial charge in [-0.3, -0.25) is 9.59 Å². The van der Waals surface area contributed by atoms with Gasteiger partial charge in [0.2, 0.25) is 0 Å². The molecule has 1 N–H and O–H groups in total. The van der Waals surface area contributed by atoms with Crippen molar-refractivity contribution in [1.29, 1.82) is 0 Å². The topological polar surface area (TPSA) is 70.1 Å². The number of carbonyl (C=O) groups is 2. The molecule has 1 aliphatic rings. The Bertz CT molecular complexity index is 985. The number of nitrogens with zero attached hydrogens (tertiary/aromatic N) is 2. The molecule has 1 unspecified atom stereocenters. The second kappa shape index (κ2) is 10.1. The highest BCUT2D eigenvalue weighted by Crippen LogP contribution is 2.39. The number of aliphatic hydroxyl groups excluding tert-OH is 1. The van der Waals surface area contributed by atoms with Crippen LogP contribution in [0.1, 0.15) is 30.5 Å².